The van der Waals surface area contributed by atoms with E-state index in [1.807, 2.05) is 4.90 Å². The number of carbonyl (C=O) groups is 1. The lowest BCUT2D eigenvalue weighted by atomic mass is 10.0. The van der Waals surface area contributed by atoms with Gasteiger partial charge in [-0.2, -0.15) is 0 Å². The Labute approximate surface area is 161 Å². The van der Waals surface area contributed by atoms with Gasteiger partial charge in [0.2, 0.25) is 5.91 Å². The zero-order valence-corrected chi connectivity index (χ0v) is 16.7. The monoisotopic (exact) mass is 376 g/mol. The molecule has 2 heterocycles. The highest BCUT2D eigenvalue weighted by Crippen LogP contribution is 2.28. The molecule has 0 saturated heterocycles. The number of guanidine groups is 1. The van der Waals surface area contributed by atoms with E-state index in [4.69, 9.17) is 0 Å². The van der Waals surface area contributed by atoms with Crippen molar-refractivity contribution in [1.29, 1.82) is 0 Å². The number of nitrogens with one attached hydrogen (secondary N) is 2. The van der Waals surface area contributed by atoms with E-state index in [2.05, 4.69) is 34.0 Å². The lowest BCUT2D eigenvalue weighted by Crippen LogP contribution is -2.40. The van der Waals surface area contributed by atoms with Gasteiger partial charge in [-0.15, -0.1) is 11.3 Å². The van der Waals surface area contributed by atoms with E-state index in [9.17, 15) is 4.79 Å². The van der Waals surface area contributed by atoms with Gasteiger partial charge in [-0.25, -0.2) is 4.99 Å². The predicted octanol–water partition coefficient (Wildman–Crippen LogP) is 3.16. The van der Waals surface area contributed by atoms with Crippen LogP contribution in [0.3, 0.4) is 0 Å². The smallest absolute Gasteiger partial charge is 0.244 e. The van der Waals surface area contributed by atoms with E-state index < -0.39 is 0 Å². The Bertz CT molecular complexity index is 607. The van der Waals surface area contributed by atoms with Crippen LogP contribution in [0.5, 0.6) is 0 Å². The first-order valence-corrected chi connectivity index (χ1v) is 11.0. The zero-order valence-electron chi connectivity index (χ0n) is 15.9. The molecule has 2 N–H and O–H groups in total. The quantitative estimate of drug-likeness (QED) is 0.437. The molecule has 2 aliphatic rings. The van der Waals surface area contributed by atoms with Crippen LogP contribution >= 0.6 is 11.3 Å². The molecular weight excluding hydrogens is 344 g/mol. The van der Waals surface area contributed by atoms with Gasteiger partial charge in [0.15, 0.2) is 5.96 Å². The highest BCUT2D eigenvalue weighted by Gasteiger charge is 2.21. The van der Waals surface area contributed by atoms with E-state index in [1.165, 1.54) is 49.0 Å². The average molecular weight is 377 g/mol. The third-order valence-corrected chi connectivity index (χ3v) is 6.46. The molecule has 0 spiro atoms. The van der Waals surface area contributed by atoms with E-state index in [0.717, 1.165) is 44.5 Å². The van der Waals surface area contributed by atoms with Gasteiger partial charge in [-0.1, -0.05) is 25.7 Å². The summed E-state index contributed by atoms with van der Waals surface area (Å²) in [4.78, 5) is 20.4. The summed E-state index contributed by atoms with van der Waals surface area (Å²) in [6.45, 7) is 5.56. The molecule has 0 atom stereocenters. The minimum Gasteiger partial charge on any atom is -0.357 e. The fourth-order valence-electron chi connectivity index (χ4n) is 3.95. The van der Waals surface area contributed by atoms with Crippen LogP contribution in [0.15, 0.2) is 16.4 Å². The van der Waals surface area contributed by atoms with E-state index >= 15 is 0 Å². The molecule has 1 aromatic heterocycles. The van der Waals surface area contributed by atoms with Crippen molar-refractivity contribution in [3.8, 4) is 0 Å². The van der Waals surface area contributed by atoms with Gasteiger partial charge in [0.05, 0.1) is 0 Å². The standard InChI is InChI=1S/C20H32N4OS/c1-2-21-20(22-11-5-8-16-6-3-4-7-16)23-14-19(25)24-12-9-18-17(15-24)10-13-26-18/h10,13,16H,2-9,11-12,14-15H2,1H3,(H2,21,22,23). The number of fused-ring (bicyclic) bond motifs is 1. The van der Waals surface area contributed by atoms with Crippen molar-refractivity contribution in [3.63, 3.8) is 0 Å². The molecule has 1 aliphatic carbocycles. The fourth-order valence-corrected chi connectivity index (χ4v) is 4.84. The summed E-state index contributed by atoms with van der Waals surface area (Å²) in [6.07, 6.45) is 9.09. The number of aliphatic imine (C=N–C) groups is 1. The number of nitrogens with zero attached hydrogens (tertiary/aromatic N) is 2. The molecule has 0 radical (unpaired) electrons. The Morgan fingerprint density at radius 1 is 1.35 bits per heavy atom. The highest BCUT2D eigenvalue weighted by atomic mass is 32.1. The largest absolute Gasteiger partial charge is 0.357 e. The second-order valence-electron chi connectivity index (χ2n) is 7.35. The maximum absolute atomic E-state index is 12.5. The van der Waals surface area contributed by atoms with Gasteiger partial charge in [0, 0.05) is 31.1 Å². The highest BCUT2D eigenvalue weighted by molar-refractivity contribution is 7.10. The number of amides is 1. The molecule has 5 nitrogen and oxygen atoms in total. The molecule has 0 aromatic carbocycles. The summed E-state index contributed by atoms with van der Waals surface area (Å²) in [5, 5.41) is 8.76. The number of rotatable bonds is 7. The van der Waals surface area contributed by atoms with Crippen LogP contribution in [-0.4, -0.2) is 42.9 Å². The van der Waals surface area contributed by atoms with Crippen LogP contribution in [0, 0.1) is 5.92 Å². The molecular formula is C20H32N4OS. The van der Waals surface area contributed by atoms with Crippen molar-refractivity contribution >= 4 is 23.2 Å². The molecule has 1 aromatic rings. The SMILES string of the molecule is CCNC(=NCC(=O)N1CCc2sccc2C1)NCCCC1CCCC1. The van der Waals surface area contributed by atoms with Crippen molar-refractivity contribution < 1.29 is 4.79 Å². The van der Waals surface area contributed by atoms with Crippen molar-refractivity contribution in [2.75, 3.05) is 26.2 Å². The minimum atomic E-state index is 0.116. The number of carbonyl (C=O) groups excluding carboxylic acids is 1. The molecule has 6 heteroatoms. The van der Waals surface area contributed by atoms with E-state index in [1.54, 1.807) is 11.3 Å². The van der Waals surface area contributed by atoms with Crippen molar-refractivity contribution in [3.05, 3.63) is 21.9 Å². The summed E-state index contributed by atoms with van der Waals surface area (Å²) in [5.41, 5.74) is 1.30. The van der Waals surface area contributed by atoms with Gasteiger partial charge in [-0.3, -0.25) is 4.79 Å². The molecule has 1 saturated carbocycles. The lowest BCUT2D eigenvalue weighted by molar-refractivity contribution is -0.130. The molecule has 0 unspecified atom stereocenters. The maximum Gasteiger partial charge on any atom is 0.244 e. The van der Waals surface area contributed by atoms with Crippen molar-refractivity contribution in [2.45, 2.75) is 58.4 Å². The zero-order chi connectivity index (χ0) is 18.2. The third kappa shape index (κ3) is 5.47. The van der Waals surface area contributed by atoms with E-state index in [0.29, 0.717) is 0 Å². The second kappa shape index (κ2) is 9.95. The molecule has 1 amide bonds. The number of thiophene rings is 1. The van der Waals surface area contributed by atoms with Crippen LogP contribution in [0.1, 0.15) is 55.9 Å². The molecule has 1 fully saturated rings. The van der Waals surface area contributed by atoms with Crippen LogP contribution in [0.4, 0.5) is 0 Å². The van der Waals surface area contributed by atoms with Gasteiger partial charge in [0.1, 0.15) is 6.54 Å². The molecule has 26 heavy (non-hydrogen) atoms. The van der Waals surface area contributed by atoms with Gasteiger partial charge < -0.3 is 15.5 Å². The Balaban J connectivity index is 1.41. The van der Waals surface area contributed by atoms with Gasteiger partial charge in [-0.05, 0) is 49.1 Å². The fraction of sp³-hybridized carbons (Fsp3) is 0.700. The predicted molar refractivity (Wildman–Crippen MR) is 109 cm³/mol. The molecule has 1 aliphatic heterocycles. The van der Waals surface area contributed by atoms with Crippen LogP contribution < -0.4 is 10.6 Å². The average Bonchev–Trinajstić information content (AvgIpc) is 3.33. The summed E-state index contributed by atoms with van der Waals surface area (Å²) in [6, 6.07) is 2.14. The normalized spacial score (nSPS) is 18.0. The number of hydrogen-bond acceptors (Lipinski definition) is 3. The number of hydrogen-bond donors (Lipinski definition) is 2. The second-order valence-corrected chi connectivity index (χ2v) is 8.35. The molecule has 3 rings (SSSR count). The Hall–Kier alpha value is -1.56. The van der Waals surface area contributed by atoms with Gasteiger partial charge >= 0.3 is 0 Å². The Morgan fingerprint density at radius 2 is 2.19 bits per heavy atom. The van der Waals surface area contributed by atoms with Gasteiger partial charge in [0.25, 0.3) is 0 Å². The first-order chi connectivity index (χ1) is 12.8. The Kier molecular flexibility index (Phi) is 7.35. The van der Waals surface area contributed by atoms with Crippen LogP contribution in [0.2, 0.25) is 0 Å². The summed E-state index contributed by atoms with van der Waals surface area (Å²) >= 11 is 1.80. The van der Waals surface area contributed by atoms with Crippen molar-refractivity contribution in [1.82, 2.24) is 15.5 Å². The van der Waals surface area contributed by atoms with Crippen molar-refractivity contribution in [2.24, 2.45) is 10.9 Å². The summed E-state index contributed by atoms with van der Waals surface area (Å²) in [5.74, 6) is 1.81. The Morgan fingerprint density at radius 3 is 3.00 bits per heavy atom. The maximum atomic E-state index is 12.5. The topological polar surface area (TPSA) is 56.7 Å². The molecule has 0 bridgehead atoms. The first kappa shape index (κ1) is 19.2. The summed E-state index contributed by atoms with van der Waals surface area (Å²) < 4.78 is 0. The lowest BCUT2D eigenvalue weighted by Gasteiger charge is -2.26. The van der Waals surface area contributed by atoms with Crippen LogP contribution in [0.25, 0.3) is 0 Å². The minimum absolute atomic E-state index is 0.116. The third-order valence-electron chi connectivity index (χ3n) is 5.43. The van der Waals surface area contributed by atoms with Crippen LogP contribution in [-0.2, 0) is 17.8 Å². The van der Waals surface area contributed by atoms with E-state index in [-0.39, 0.29) is 12.5 Å². The summed E-state index contributed by atoms with van der Waals surface area (Å²) in [7, 11) is 0. The molecule has 144 valence electrons. The first-order valence-electron chi connectivity index (χ1n) is 10.1.